The molecule has 2 N–H and O–H groups in total. The van der Waals surface area contributed by atoms with Gasteiger partial charge in [0.25, 0.3) is 21.8 Å². The number of thiophene rings is 1. The fourth-order valence-electron chi connectivity index (χ4n) is 4.14. The minimum atomic E-state index is -3.81. The summed E-state index contributed by atoms with van der Waals surface area (Å²) in [7, 11) is -3.81. The summed E-state index contributed by atoms with van der Waals surface area (Å²) in [4.78, 5) is 38.2. The van der Waals surface area contributed by atoms with Gasteiger partial charge in [-0.2, -0.15) is 0 Å². The number of benzene rings is 2. The zero-order valence-corrected chi connectivity index (χ0v) is 22.3. The molecule has 0 aliphatic carbocycles. The van der Waals surface area contributed by atoms with Crippen LogP contribution in [-0.4, -0.2) is 39.5 Å². The van der Waals surface area contributed by atoms with Crippen LogP contribution in [0.2, 0.25) is 0 Å². The Morgan fingerprint density at radius 1 is 1.03 bits per heavy atom. The number of alkyl carbamates (subject to hydrolysis) is 1. The molecular formula is C26H27N3O6S2. The van der Waals surface area contributed by atoms with Gasteiger partial charge in [-0.1, -0.05) is 18.2 Å². The average Bonchev–Trinajstić information content (AvgIpc) is 3.16. The minimum absolute atomic E-state index is 0.0815. The topological polar surface area (TPSA) is 122 Å². The summed E-state index contributed by atoms with van der Waals surface area (Å²) in [6, 6.07) is 13.1. The highest BCUT2D eigenvalue weighted by molar-refractivity contribution is 7.92. The molecule has 9 nitrogen and oxygen atoms in total. The van der Waals surface area contributed by atoms with Crippen LogP contribution >= 0.6 is 11.3 Å². The standard InChI is InChI=1S/C26H27N3O6S2/c1-4-35-26(32)28-24(31)22-16(2)17(3)36-25(22)27-23(30)19-11-13-20(14-12-19)37(33,34)29-15-7-9-18-8-5-6-10-21(18)29/h5-6,8,10-14H,4,7,9,15H2,1-3H3,(H,27,30)(H,28,31,32). The first-order valence-electron chi connectivity index (χ1n) is 11.7. The van der Waals surface area contributed by atoms with Crippen molar-refractivity contribution in [3.63, 3.8) is 0 Å². The first kappa shape index (κ1) is 26.4. The maximum Gasteiger partial charge on any atom is 0.414 e. The SMILES string of the molecule is CCOC(=O)NC(=O)c1c(NC(=O)c2ccc(S(=O)(=O)N3CCCc4ccccc43)cc2)sc(C)c1C. The van der Waals surface area contributed by atoms with E-state index in [1.54, 1.807) is 26.8 Å². The van der Waals surface area contributed by atoms with E-state index in [0.717, 1.165) is 23.3 Å². The third kappa shape index (κ3) is 5.37. The normalized spacial score (nSPS) is 13.0. The Morgan fingerprint density at radius 2 is 1.73 bits per heavy atom. The Morgan fingerprint density at radius 3 is 2.43 bits per heavy atom. The quantitative estimate of drug-likeness (QED) is 0.469. The van der Waals surface area contributed by atoms with E-state index >= 15 is 0 Å². The van der Waals surface area contributed by atoms with Crippen molar-refractivity contribution in [1.82, 2.24) is 5.32 Å². The monoisotopic (exact) mass is 541 g/mol. The second kappa shape index (κ2) is 10.7. The van der Waals surface area contributed by atoms with Crippen molar-refractivity contribution in [2.24, 2.45) is 0 Å². The van der Waals surface area contributed by atoms with Crippen LogP contribution in [0, 0.1) is 13.8 Å². The molecule has 0 radical (unpaired) electrons. The van der Waals surface area contributed by atoms with Crippen LogP contribution in [0.3, 0.4) is 0 Å². The van der Waals surface area contributed by atoms with Gasteiger partial charge in [-0.25, -0.2) is 13.2 Å². The van der Waals surface area contributed by atoms with Gasteiger partial charge in [-0.15, -0.1) is 11.3 Å². The van der Waals surface area contributed by atoms with Crippen molar-refractivity contribution in [3.8, 4) is 0 Å². The van der Waals surface area contributed by atoms with E-state index < -0.39 is 27.9 Å². The molecule has 0 saturated heterocycles. The first-order chi connectivity index (χ1) is 17.6. The number of fused-ring (bicyclic) bond motifs is 1. The molecule has 1 aliphatic rings. The number of sulfonamides is 1. The van der Waals surface area contributed by atoms with E-state index in [-0.39, 0.29) is 27.6 Å². The maximum atomic E-state index is 13.4. The number of amides is 3. The van der Waals surface area contributed by atoms with Crippen molar-refractivity contribution < 1.29 is 27.5 Å². The highest BCUT2D eigenvalue weighted by Gasteiger charge is 2.29. The lowest BCUT2D eigenvalue weighted by atomic mass is 10.0. The highest BCUT2D eigenvalue weighted by atomic mass is 32.2. The third-order valence-corrected chi connectivity index (χ3v) is 9.05. The number of para-hydroxylation sites is 1. The summed E-state index contributed by atoms with van der Waals surface area (Å²) in [5.74, 6) is -1.20. The van der Waals surface area contributed by atoms with Crippen molar-refractivity contribution in [2.45, 2.75) is 38.5 Å². The van der Waals surface area contributed by atoms with Gasteiger partial charge in [0.05, 0.1) is 22.8 Å². The van der Waals surface area contributed by atoms with Crippen LogP contribution in [0.25, 0.3) is 0 Å². The number of hydrogen-bond acceptors (Lipinski definition) is 7. The number of rotatable bonds is 6. The van der Waals surface area contributed by atoms with Crippen molar-refractivity contribution in [2.75, 3.05) is 22.8 Å². The molecular weight excluding hydrogens is 514 g/mol. The van der Waals surface area contributed by atoms with Gasteiger partial charge < -0.3 is 10.1 Å². The molecule has 2 aromatic carbocycles. The van der Waals surface area contributed by atoms with Gasteiger partial charge in [-0.05, 0) is 75.1 Å². The fraction of sp³-hybridized carbons (Fsp3) is 0.269. The number of nitrogens with one attached hydrogen (secondary N) is 2. The van der Waals surface area contributed by atoms with E-state index in [1.807, 2.05) is 18.2 Å². The Kier molecular flexibility index (Phi) is 7.65. The number of anilines is 2. The number of carbonyl (C=O) groups is 3. The highest BCUT2D eigenvalue weighted by Crippen LogP contribution is 2.34. The Balaban J connectivity index is 1.54. The smallest absolute Gasteiger partial charge is 0.414 e. The molecule has 1 aromatic heterocycles. The van der Waals surface area contributed by atoms with Crippen molar-refractivity contribution in [1.29, 1.82) is 0 Å². The molecule has 2 heterocycles. The van der Waals surface area contributed by atoms with Gasteiger partial charge in [0, 0.05) is 17.0 Å². The summed E-state index contributed by atoms with van der Waals surface area (Å²) in [5.41, 5.74) is 2.68. The van der Waals surface area contributed by atoms with Crippen LogP contribution < -0.4 is 14.9 Å². The molecule has 0 fully saturated rings. The molecule has 3 aromatic rings. The summed E-state index contributed by atoms with van der Waals surface area (Å²) < 4.78 is 32.9. The van der Waals surface area contributed by atoms with Gasteiger partial charge in [-0.3, -0.25) is 19.2 Å². The predicted molar refractivity (Wildman–Crippen MR) is 142 cm³/mol. The number of imide groups is 1. The Hall–Kier alpha value is -3.70. The maximum absolute atomic E-state index is 13.4. The van der Waals surface area contributed by atoms with E-state index in [9.17, 15) is 22.8 Å². The van der Waals surface area contributed by atoms with Crippen LogP contribution in [-0.2, 0) is 21.2 Å². The molecule has 0 unspecified atom stereocenters. The fourth-order valence-corrected chi connectivity index (χ4v) is 6.73. The molecule has 37 heavy (non-hydrogen) atoms. The molecule has 3 amide bonds. The van der Waals surface area contributed by atoms with E-state index in [2.05, 4.69) is 10.6 Å². The molecule has 0 saturated carbocycles. The summed E-state index contributed by atoms with van der Waals surface area (Å²) in [5, 5.41) is 5.15. The molecule has 0 bridgehead atoms. The summed E-state index contributed by atoms with van der Waals surface area (Å²) in [6.07, 6.45) is 0.673. The second-order valence-corrected chi connectivity index (χ2v) is 11.5. The first-order valence-corrected chi connectivity index (χ1v) is 14.0. The lowest BCUT2D eigenvalue weighted by Gasteiger charge is -2.30. The average molecular weight is 542 g/mol. The predicted octanol–water partition coefficient (Wildman–Crippen LogP) is 4.65. The zero-order chi connectivity index (χ0) is 26.7. The summed E-state index contributed by atoms with van der Waals surface area (Å²) >= 11 is 1.20. The van der Waals surface area contributed by atoms with E-state index in [4.69, 9.17) is 4.74 Å². The van der Waals surface area contributed by atoms with Crippen molar-refractivity contribution in [3.05, 3.63) is 75.7 Å². The lowest BCUT2D eigenvalue weighted by Crippen LogP contribution is -2.35. The van der Waals surface area contributed by atoms with Gasteiger partial charge >= 0.3 is 6.09 Å². The van der Waals surface area contributed by atoms with Crippen LogP contribution in [0.1, 0.15) is 50.1 Å². The third-order valence-electron chi connectivity index (χ3n) is 6.10. The lowest BCUT2D eigenvalue weighted by molar-refractivity contribution is 0.0925. The Labute approximate surface area is 219 Å². The molecule has 4 rings (SSSR count). The number of nitrogens with zero attached hydrogens (tertiary/aromatic N) is 1. The number of ether oxygens (including phenoxy) is 1. The van der Waals surface area contributed by atoms with Crippen LogP contribution in [0.15, 0.2) is 53.4 Å². The minimum Gasteiger partial charge on any atom is -0.450 e. The molecule has 0 spiro atoms. The molecule has 1 aliphatic heterocycles. The number of carbonyl (C=O) groups excluding carboxylic acids is 3. The van der Waals surface area contributed by atoms with Crippen LogP contribution in [0.5, 0.6) is 0 Å². The van der Waals surface area contributed by atoms with Gasteiger partial charge in [0.15, 0.2) is 0 Å². The largest absolute Gasteiger partial charge is 0.450 e. The molecule has 0 atom stereocenters. The van der Waals surface area contributed by atoms with Gasteiger partial charge in [0.1, 0.15) is 5.00 Å². The van der Waals surface area contributed by atoms with E-state index in [1.165, 1.54) is 39.9 Å². The zero-order valence-electron chi connectivity index (χ0n) is 20.7. The van der Waals surface area contributed by atoms with Crippen molar-refractivity contribution >= 4 is 50.0 Å². The Bertz CT molecular complexity index is 1460. The number of hydrogen-bond donors (Lipinski definition) is 2. The summed E-state index contributed by atoms with van der Waals surface area (Å²) in [6.45, 7) is 5.64. The van der Waals surface area contributed by atoms with E-state index in [0.29, 0.717) is 17.8 Å². The van der Waals surface area contributed by atoms with Crippen LogP contribution in [0.4, 0.5) is 15.5 Å². The second-order valence-electron chi connectivity index (χ2n) is 8.45. The number of aryl methyl sites for hydroxylation is 2. The molecule has 11 heteroatoms. The molecule has 194 valence electrons. The van der Waals surface area contributed by atoms with Gasteiger partial charge in [0.2, 0.25) is 0 Å².